The molecule has 7 nitrogen and oxygen atoms in total. The van der Waals surface area contributed by atoms with Crippen LogP contribution in [0, 0.1) is 0 Å². The summed E-state index contributed by atoms with van der Waals surface area (Å²) in [5.74, 6) is -1.66. The first-order valence-corrected chi connectivity index (χ1v) is 15.0. The molecule has 0 aromatic heterocycles. The molecule has 0 aliphatic carbocycles. The van der Waals surface area contributed by atoms with Crippen LogP contribution in [0.15, 0.2) is 60.7 Å². The zero-order valence-corrected chi connectivity index (χ0v) is 23.6. The molecule has 1 N–H and O–H groups in total. The van der Waals surface area contributed by atoms with Crippen molar-refractivity contribution in [1.82, 2.24) is 5.32 Å². The van der Waals surface area contributed by atoms with Crippen LogP contribution in [0.5, 0.6) is 0 Å². The summed E-state index contributed by atoms with van der Waals surface area (Å²) < 4.78 is 63.9. The normalized spacial score (nSPS) is 14.8. The minimum absolute atomic E-state index is 0.0167. The molecule has 0 heterocycles. The fourth-order valence-corrected chi connectivity index (χ4v) is 4.30. The van der Waals surface area contributed by atoms with Gasteiger partial charge in [-0.3, -0.25) is 0 Å². The average molecular weight is 556 g/mol. The number of halogens is 3. The maximum atomic E-state index is 14.2. The van der Waals surface area contributed by atoms with E-state index >= 15 is 0 Å². The first-order chi connectivity index (χ1) is 17.6. The molecule has 0 aliphatic heterocycles. The highest BCUT2D eigenvalue weighted by Gasteiger charge is 2.64. The number of carbonyl (C=O) groups excluding carboxylic acids is 2. The van der Waals surface area contributed by atoms with Crippen molar-refractivity contribution in [1.29, 1.82) is 0 Å². The van der Waals surface area contributed by atoms with E-state index in [0.29, 0.717) is 0 Å². The fraction of sp³-hybridized carbons (Fsp3) is 0.481. The Morgan fingerprint density at radius 1 is 0.895 bits per heavy atom. The van der Waals surface area contributed by atoms with Crippen molar-refractivity contribution in [3.05, 3.63) is 71.8 Å². The highest BCUT2D eigenvalue weighted by Crippen LogP contribution is 2.43. The van der Waals surface area contributed by atoms with Crippen LogP contribution in [0.25, 0.3) is 0 Å². The van der Waals surface area contributed by atoms with E-state index in [0.717, 1.165) is 24.8 Å². The molecule has 1 unspecified atom stereocenters. The van der Waals surface area contributed by atoms with E-state index in [-0.39, 0.29) is 18.3 Å². The van der Waals surface area contributed by atoms with Crippen molar-refractivity contribution in [2.45, 2.75) is 63.3 Å². The number of rotatable bonds is 11. The maximum absolute atomic E-state index is 14.2. The van der Waals surface area contributed by atoms with Gasteiger partial charge in [-0.05, 0) is 23.7 Å². The van der Waals surface area contributed by atoms with Crippen LogP contribution in [0.1, 0.15) is 31.9 Å². The summed E-state index contributed by atoms with van der Waals surface area (Å²) >= 11 is 0. The van der Waals surface area contributed by atoms with Gasteiger partial charge < -0.3 is 24.0 Å². The van der Waals surface area contributed by atoms with Crippen molar-refractivity contribution in [3.8, 4) is 0 Å². The molecule has 0 spiro atoms. The summed E-state index contributed by atoms with van der Waals surface area (Å²) in [6, 6.07) is 14.5. The summed E-state index contributed by atoms with van der Waals surface area (Å²) in [5, 5.41) is 2.38. The molecule has 0 bridgehead atoms. The van der Waals surface area contributed by atoms with E-state index < -0.39 is 50.4 Å². The lowest BCUT2D eigenvalue weighted by molar-refractivity contribution is -0.276. The van der Waals surface area contributed by atoms with Crippen LogP contribution in [0.3, 0.4) is 0 Å². The summed E-state index contributed by atoms with van der Waals surface area (Å²) in [4.78, 5) is 25.5. The number of hydrogen-bond acceptors (Lipinski definition) is 6. The van der Waals surface area contributed by atoms with E-state index in [4.69, 9.17) is 18.6 Å². The topological polar surface area (TPSA) is 83.1 Å². The number of amides is 1. The van der Waals surface area contributed by atoms with E-state index in [9.17, 15) is 22.8 Å². The van der Waals surface area contributed by atoms with Gasteiger partial charge in [-0.25, -0.2) is 9.59 Å². The van der Waals surface area contributed by atoms with E-state index in [1.807, 2.05) is 39.9 Å². The lowest BCUT2D eigenvalue weighted by Crippen LogP contribution is -2.53. The van der Waals surface area contributed by atoms with Gasteiger partial charge in [0.25, 0.3) is 5.60 Å². The molecule has 11 heteroatoms. The molecule has 1 amide bonds. The van der Waals surface area contributed by atoms with Crippen LogP contribution < -0.4 is 5.32 Å². The lowest BCUT2D eigenvalue weighted by Gasteiger charge is -2.37. The molecule has 0 radical (unpaired) electrons. The molecule has 210 valence electrons. The largest absolute Gasteiger partial charge is 0.461 e. The van der Waals surface area contributed by atoms with Crippen molar-refractivity contribution < 1.29 is 41.4 Å². The Kier molecular flexibility index (Phi) is 10.5. The van der Waals surface area contributed by atoms with Gasteiger partial charge in [-0.1, -0.05) is 81.4 Å². The van der Waals surface area contributed by atoms with Crippen molar-refractivity contribution in [2.75, 3.05) is 20.3 Å². The molecule has 0 aliphatic rings. The zero-order valence-electron chi connectivity index (χ0n) is 22.6. The monoisotopic (exact) mass is 555 g/mol. The Hall–Kier alpha value is -2.89. The summed E-state index contributed by atoms with van der Waals surface area (Å²) in [6.45, 7) is 9.32. The van der Waals surface area contributed by atoms with Gasteiger partial charge >= 0.3 is 18.2 Å². The second-order valence-electron chi connectivity index (χ2n) is 10.3. The highest BCUT2D eigenvalue weighted by molar-refractivity contribution is 6.74. The Bertz CT molecular complexity index is 1040. The molecule has 2 rings (SSSR count). The predicted octanol–water partition coefficient (Wildman–Crippen LogP) is 5.95. The van der Waals surface area contributed by atoms with Crippen molar-refractivity contribution >= 4 is 20.4 Å². The summed E-state index contributed by atoms with van der Waals surface area (Å²) in [7, 11) is -1.52. The van der Waals surface area contributed by atoms with Crippen LogP contribution in [-0.2, 0) is 35.6 Å². The highest BCUT2D eigenvalue weighted by atomic mass is 28.4. The summed E-state index contributed by atoms with van der Waals surface area (Å²) in [6.07, 6.45) is -5.94. The Balaban J connectivity index is 2.20. The fourth-order valence-electron chi connectivity index (χ4n) is 3.25. The Labute approximate surface area is 222 Å². The van der Waals surface area contributed by atoms with Crippen LogP contribution in [0.4, 0.5) is 18.0 Å². The quantitative estimate of drug-likeness (QED) is 0.273. The van der Waals surface area contributed by atoms with Gasteiger partial charge in [0.1, 0.15) is 13.2 Å². The number of esters is 1. The van der Waals surface area contributed by atoms with Gasteiger partial charge in [0.15, 0.2) is 8.32 Å². The second-order valence-corrected chi connectivity index (χ2v) is 15.1. The van der Waals surface area contributed by atoms with E-state index in [1.54, 1.807) is 24.3 Å². The molecular formula is C27H36F3NO6Si. The smallest absolute Gasteiger partial charge is 0.432 e. The van der Waals surface area contributed by atoms with E-state index in [2.05, 4.69) is 5.32 Å². The van der Waals surface area contributed by atoms with Crippen LogP contribution in [-0.4, -0.2) is 52.9 Å². The Morgan fingerprint density at radius 3 is 1.95 bits per heavy atom. The van der Waals surface area contributed by atoms with Gasteiger partial charge in [0.2, 0.25) is 0 Å². The first-order valence-electron chi connectivity index (χ1n) is 12.1. The molecule has 2 aromatic carbocycles. The number of benzene rings is 2. The van der Waals surface area contributed by atoms with E-state index in [1.165, 1.54) is 18.2 Å². The standard InChI is InChI=1S/C27H36F3NO6Si/c1-25(2,3)38(5,6)37-19-22(31-24(33)36-17-20-13-9-7-10-14-20)18-35-23(32)26(34-4,27(28,29)30)21-15-11-8-12-16-21/h7-16,22H,17-19H2,1-6H3,(H,31,33)/t22-,26?/m1/s1. The van der Waals surface area contributed by atoms with Gasteiger partial charge in [-0.15, -0.1) is 0 Å². The third-order valence-electron chi connectivity index (χ3n) is 6.58. The van der Waals surface area contributed by atoms with Crippen molar-refractivity contribution in [3.63, 3.8) is 0 Å². The number of hydrogen-bond donors (Lipinski definition) is 1. The summed E-state index contributed by atoms with van der Waals surface area (Å²) in [5.41, 5.74) is -3.02. The number of alkyl halides is 3. The number of alkyl carbamates (subject to hydrolysis) is 1. The third-order valence-corrected chi connectivity index (χ3v) is 11.1. The van der Waals surface area contributed by atoms with Crippen molar-refractivity contribution in [2.24, 2.45) is 0 Å². The molecule has 0 saturated heterocycles. The number of ether oxygens (including phenoxy) is 3. The lowest BCUT2D eigenvalue weighted by atomic mass is 9.93. The molecule has 2 aromatic rings. The molecule has 2 atom stereocenters. The SMILES string of the molecule is COC(C(=O)OC[C@H](CO[Si](C)(C)C(C)(C)C)NC(=O)OCc1ccccc1)(c1ccccc1)C(F)(F)F. The third kappa shape index (κ3) is 7.81. The molecule has 0 fully saturated rings. The molecule has 0 saturated carbocycles. The Morgan fingerprint density at radius 2 is 1.45 bits per heavy atom. The van der Waals surface area contributed by atoms with Crippen LogP contribution >= 0.6 is 0 Å². The number of methoxy groups -OCH3 is 1. The minimum atomic E-state index is -5.12. The first kappa shape index (κ1) is 31.3. The van der Waals surface area contributed by atoms with Gasteiger partial charge in [-0.2, -0.15) is 13.2 Å². The minimum Gasteiger partial charge on any atom is -0.461 e. The maximum Gasteiger partial charge on any atom is 0.432 e. The number of nitrogens with one attached hydrogen (secondary N) is 1. The van der Waals surface area contributed by atoms with Gasteiger partial charge in [0.05, 0.1) is 12.6 Å². The zero-order chi connectivity index (χ0) is 28.6. The molecular weight excluding hydrogens is 519 g/mol. The predicted molar refractivity (Wildman–Crippen MR) is 139 cm³/mol. The second kappa shape index (κ2) is 12.8. The number of carbonyl (C=O) groups is 2. The van der Waals surface area contributed by atoms with Gasteiger partial charge in [0, 0.05) is 12.7 Å². The molecule has 38 heavy (non-hydrogen) atoms. The van der Waals surface area contributed by atoms with Crippen LogP contribution in [0.2, 0.25) is 18.1 Å². The average Bonchev–Trinajstić information content (AvgIpc) is 2.85.